The second-order valence-corrected chi connectivity index (χ2v) is 12.4. The highest BCUT2D eigenvalue weighted by Crippen LogP contribution is 2.75. The summed E-state index contributed by atoms with van der Waals surface area (Å²) in [7, 11) is 0. The maximum atomic E-state index is 12.8. The van der Waals surface area contributed by atoms with E-state index in [4.69, 9.17) is 14.2 Å². The monoisotopic (exact) mass is 544 g/mol. The van der Waals surface area contributed by atoms with Gasteiger partial charge in [0.2, 0.25) is 0 Å². The van der Waals surface area contributed by atoms with Gasteiger partial charge in [-0.1, -0.05) is 26.3 Å². The van der Waals surface area contributed by atoms with Crippen LogP contribution in [0.3, 0.4) is 0 Å². The summed E-state index contributed by atoms with van der Waals surface area (Å²) in [6.07, 6.45) is -8.54. The van der Waals surface area contributed by atoms with E-state index in [1.54, 1.807) is 20.8 Å². The van der Waals surface area contributed by atoms with Crippen LogP contribution in [0.1, 0.15) is 53.4 Å². The Hall–Kier alpha value is -1.19. The molecule has 0 aromatic carbocycles. The number of ether oxygens (including phenoxy) is 3. The molecule has 1 unspecified atom stereocenters. The van der Waals surface area contributed by atoms with Gasteiger partial charge in [0, 0.05) is 17.8 Å². The molecular formula is C26H40O12. The summed E-state index contributed by atoms with van der Waals surface area (Å²) in [4.78, 5) is 12.8. The summed E-state index contributed by atoms with van der Waals surface area (Å²) in [5.74, 6) is -1.57. The van der Waals surface area contributed by atoms with E-state index in [-0.39, 0.29) is 30.9 Å². The van der Waals surface area contributed by atoms with Gasteiger partial charge in [-0.3, -0.25) is 4.79 Å². The standard InChI is InChI=1S/C26H40O12/c1-11-5-6-23(32)22(4)8-16(28)38-20(11)26(23,35)25(34)13(3)14(7-24(22,25)33)12(2)10-36-21-19(31)18(30)17(29)15(9-27)37-21/h11-12,15,17-21,27,29-35H,5-10H2,1-4H3/t11-,12?,15+,17+,18-,19+,20+,21+,22-,23-,24+,25+,26+/m0/s1. The van der Waals surface area contributed by atoms with Crippen LogP contribution >= 0.6 is 0 Å². The highest BCUT2D eigenvalue weighted by Gasteiger charge is 2.92. The molecule has 0 amide bonds. The minimum absolute atomic E-state index is 0.0668. The van der Waals surface area contributed by atoms with Gasteiger partial charge in [0.25, 0.3) is 0 Å². The van der Waals surface area contributed by atoms with E-state index in [2.05, 4.69) is 0 Å². The molecule has 0 aromatic heterocycles. The smallest absolute Gasteiger partial charge is 0.306 e. The number of carbonyl (C=O) groups is 1. The molecule has 4 fully saturated rings. The van der Waals surface area contributed by atoms with E-state index in [1.807, 2.05) is 0 Å². The van der Waals surface area contributed by atoms with Crippen LogP contribution in [0.25, 0.3) is 0 Å². The molecule has 5 aliphatic rings. The summed E-state index contributed by atoms with van der Waals surface area (Å²) in [6.45, 7) is 5.88. The van der Waals surface area contributed by atoms with Gasteiger partial charge in [0.15, 0.2) is 17.5 Å². The molecule has 216 valence electrons. The van der Waals surface area contributed by atoms with Gasteiger partial charge in [-0.25, -0.2) is 0 Å². The number of carbonyl (C=O) groups excluding carboxylic acids is 1. The highest BCUT2D eigenvalue weighted by molar-refractivity contribution is 5.74. The van der Waals surface area contributed by atoms with Crippen LogP contribution < -0.4 is 0 Å². The first-order valence-electron chi connectivity index (χ1n) is 13.3. The zero-order valence-corrected chi connectivity index (χ0v) is 22.1. The lowest BCUT2D eigenvalue weighted by Gasteiger charge is -2.54. The highest BCUT2D eigenvalue weighted by atomic mass is 16.7. The van der Waals surface area contributed by atoms with Crippen molar-refractivity contribution in [3.63, 3.8) is 0 Å². The number of rotatable bonds is 5. The molecule has 12 heteroatoms. The Balaban J connectivity index is 1.49. The minimum atomic E-state index is -2.38. The van der Waals surface area contributed by atoms with Crippen LogP contribution in [-0.4, -0.2) is 119 Å². The molecule has 4 bridgehead atoms. The maximum Gasteiger partial charge on any atom is 0.306 e. The molecule has 2 saturated heterocycles. The van der Waals surface area contributed by atoms with Crippen LogP contribution in [0.2, 0.25) is 0 Å². The number of fused-ring (bicyclic) bond motifs is 2. The third-order valence-corrected chi connectivity index (χ3v) is 10.7. The Bertz CT molecular complexity index is 1030. The number of aliphatic hydroxyl groups excluding tert-OH is 4. The first-order chi connectivity index (χ1) is 17.6. The molecule has 2 saturated carbocycles. The molecule has 3 aliphatic carbocycles. The zero-order valence-electron chi connectivity index (χ0n) is 22.1. The van der Waals surface area contributed by atoms with E-state index < -0.39 is 89.5 Å². The number of hydrogen-bond acceptors (Lipinski definition) is 12. The number of esters is 1. The Labute approximate surface area is 220 Å². The van der Waals surface area contributed by atoms with Crippen LogP contribution in [0.5, 0.6) is 0 Å². The van der Waals surface area contributed by atoms with Gasteiger partial charge in [-0.15, -0.1) is 0 Å². The topological polar surface area (TPSA) is 207 Å². The zero-order chi connectivity index (χ0) is 28.2. The van der Waals surface area contributed by atoms with Crippen molar-refractivity contribution in [2.24, 2.45) is 17.3 Å². The maximum absolute atomic E-state index is 12.8. The molecule has 0 aromatic rings. The van der Waals surface area contributed by atoms with E-state index in [0.29, 0.717) is 12.0 Å². The normalized spacial score (nSPS) is 54.9. The summed E-state index contributed by atoms with van der Waals surface area (Å²) in [5, 5.41) is 88.8. The molecular weight excluding hydrogens is 504 g/mol. The van der Waals surface area contributed by atoms with Crippen molar-refractivity contribution in [2.75, 3.05) is 13.2 Å². The lowest BCUT2D eigenvalue weighted by molar-refractivity contribution is -0.302. The van der Waals surface area contributed by atoms with Crippen molar-refractivity contribution >= 4 is 5.97 Å². The van der Waals surface area contributed by atoms with Crippen molar-refractivity contribution in [3.8, 4) is 0 Å². The second kappa shape index (κ2) is 8.65. The molecule has 38 heavy (non-hydrogen) atoms. The van der Waals surface area contributed by atoms with E-state index in [1.165, 1.54) is 6.92 Å². The number of hydrogen-bond donors (Lipinski definition) is 8. The molecule has 8 N–H and O–H groups in total. The van der Waals surface area contributed by atoms with Gasteiger partial charge >= 0.3 is 5.97 Å². The third kappa shape index (κ3) is 3.02. The fourth-order valence-corrected chi connectivity index (χ4v) is 8.30. The molecule has 13 atom stereocenters. The Morgan fingerprint density at radius 3 is 2.34 bits per heavy atom. The van der Waals surface area contributed by atoms with E-state index in [9.17, 15) is 45.6 Å². The van der Waals surface area contributed by atoms with Crippen molar-refractivity contribution in [1.29, 1.82) is 0 Å². The van der Waals surface area contributed by atoms with Crippen molar-refractivity contribution in [3.05, 3.63) is 11.1 Å². The molecule has 2 aliphatic heterocycles. The molecule has 12 nitrogen and oxygen atoms in total. The van der Waals surface area contributed by atoms with Crippen LogP contribution in [0, 0.1) is 17.3 Å². The average Bonchev–Trinajstić information content (AvgIpc) is 3.11. The first-order valence-corrected chi connectivity index (χ1v) is 13.3. The summed E-state index contributed by atoms with van der Waals surface area (Å²) >= 11 is 0. The predicted molar refractivity (Wildman–Crippen MR) is 127 cm³/mol. The third-order valence-electron chi connectivity index (χ3n) is 10.7. The molecule has 5 rings (SSSR count). The lowest BCUT2D eigenvalue weighted by Crippen LogP contribution is -2.74. The van der Waals surface area contributed by atoms with Crippen molar-refractivity contribution in [2.45, 2.75) is 113 Å². The van der Waals surface area contributed by atoms with Gasteiger partial charge < -0.3 is 55.1 Å². The van der Waals surface area contributed by atoms with Crippen LogP contribution in [-0.2, 0) is 19.0 Å². The fraction of sp³-hybridized carbons (Fsp3) is 0.885. The van der Waals surface area contributed by atoms with Crippen molar-refractivity contribution < 1.29 is 59.9 Å². The van der Waals surface area contributed by atoms with Gasteiger partial charge in [0.05, 0.1) is 19.6 Å². The molecule has 0 spiro atoms. The Morgan fingerprint density at radius 2 is 1.71 bits per heavy atom. The average molecular weight is 545 g/mol. The lowest BCUT2D eigenvalue weighted by atomic mass is 9.57. The minimum Gasteiger partial charge on any atom is -0.459 e. The largest absolute Gasteiger partial charge is 0.459 e. The van der Waals surface area contributed by atoms with E-state index >= 15 is 0 Å². The Kier molecular flexibility index (Phi) is 6.45. The summed E-state index contributed by atoms with van der Waals surface area (Å²) in [5.41, 5.74) is -9.69. The fourth-order valence-electron chi connectivity index (χ4n) is 8.30. The quantitative estimate of drug-likeness (QED) is 0.138. The summed E-state index contributed by atoms with van der Waals surface area (Å²) < 4.78 is 16.7. The SMILES string of the molecule is CC1=C(C(C)CO[C@@H]2O[C@H](CO)[C@@H](O)[C@H](O)[C@H]2O)C[C@@]2(O)[C@@]3(C)CC(=O)O[C@@H]4[C@@H](C)CC[C@@]3(O)[C@@]4(O)[C@@]12O. The Morgan fingerprint density at radius 1 is 1.05 bits per heavy atom. The summed E-state index contributed by atoms with van der Waals surface area (Å²) in [6, 6.07) is 0. The van der Waals surface area contributed by atoms with Gasteiger partial charge in [-0.05, 0) is 31.3 Å². The molecule has 0 radical (unpaired) electrons. The predicted octanol–water partition coefficient (Wildman–Crippen LogP) is -2.15. The van der Waals surface area contributed by atoms with E-state index in [0.717, 1.165) is 0 Å². The first kappa shape index (κ1) is 28.3. The van der Waals surface area contributed by atoms with Crippen LogP contribution in [0.15, 0.2) is 11.1 Å². The number of aliphatic hydroxyl groups is 8. The van der Waals surface area contributed by atoms with Gasteiger partial charge in [-0.2, -0.15) is 0 Å². The van der Waals surface area contributed by atoms with Crippen LogP contribution in [0.4, 0.5) is 0 Å². The van der Waals surface area contributed by atoms with Gasteiger partial charge in [0.1, 0.15) is 41.7 Å². The molecule has 2 heterocycles. The second-order valence-electron chi connectivity index (χ2n) is 12.4. The van der Waals surface area contributed by atoms with Crippen molar-refractivity contribution in [1.82, 2.24) is 0 Å².